The van der Waals surface area contributed by atoms with Crippen LogP contribution >= 0.6 is 0 Å². The Kier molecular flexibility index (Phi) is 5.18. The van der Waals surface area contributed by atoms with E-state index in [-0.39, 0.29) is 0 Å². The second kappa shape index (κ2) is 7.70. The lowest BCUT2D eigenvalue weighted by Gasteiger charge is -2.09. The number of Topliss-reactive ketones (excluding diaryl/α,β-unsaturated/α-hetero) is 1. The molecule has 6 nitrogen and oxygen atoms in total. The normalized spacial score (nSPS) is 10.8. The molecule has 0 unspecified atom stereocenters. The molecule has 0 amide bonds. The summed E-state index contributed by atoms with van der Waals surface area (Å²) < 4.78 is 0. The zero-order chi connectivity index (χ0) is 17.6. The van der Waals surface area contributed by atoms with Crippen LogP contribution in [0.15, 0.2) is 47.4 Å². The third-order valence-corrected chi connectivity index (χ3v) is 3.94. The van der Waals surface area contributed by atoms with Crippen LogP contribution in [-0.4, -0.2) is 20.7 Å². The molecule has 2 heterocycles. The Labute approximate surface area is 145 Å². The van der Waals surface area contributed by atoms with E-state index in [9.17, 15) is 9.59 Å². The van der Waals surface area contributed by atoms with Crippen molar-refractivity contribution in [1.82, 2.24) is 15.0 Å². The first-order chi connectivity index (χ1) is 12.2. The Hall–Kier alpha value is -3.02. The Morgan fingerprint density at radius 3 is 2.72 bits per heavy atom. The second-order valence-corrected chi connectivity index (χ2v) is 5.90. The third kappa shape index (κ3) is 4.29. The van der Waals surface area contributed by atoms with E-state index in [4.69, 9.17) is 0 Å². The fourth-order valence-corrected chi connectivity index (χ4v) is 2.66. The molecule has 0 spiro atoms. The first-order valence-electron chi connectivity index (χ1n) is 8.38. The Bertz CT molecular complexity index is 932. The van der Waals surface area contributed by atoms with Gasteiger partial charge >= 0.3 is 5.69 Å². The van der Waals surface area contributed by atoms with Crippen LogP contribution in [0.1, 0.15) is 31.7 Å². The van der Waals surface area contributed by atoms with E-state index in [2.05, 4.69) is 20.3 Å². The van der Waals surface area contributed by atoms with Crippen LogP contribution in [0.3, 0.4) is 0 Å². The zero-order valence-corrected chi connectivity index (χ0v) is 14.1. The van der Waals surface area contributed by atoms with Gasteiger partial charge in [-0.05, 0) is 42.7 Å². The highest BCUT2D eigenvalue weighted by Gasteiger charge is 2.06. The fourth-order valence-electron chi connectivity index (χ4n) is 2.66. The van der Waals surface area contributed by atoms with Crippen molar-refractivity contribution >= 4 is 28.3 Å². The van der Waals surface area contributed by atoms with Crippen molar-refractivity contribution in [3.8, 4) is 0 Å². The first-order valence-corrected chi connectivity index (χ1v) is 8.38. The van der Waals surface area contributed by atoms with Gasteiger partial charge in [-0.15, -0.1) is 0 Å². The van der Waals surface area contributed by atoms with E-state index < -0.39 is 5.69 Å². The van der Waals surface area contributed by atoms with Gasteiger partial charge < -0.3 is 5.32 Å². The predicted octanol–water partition coefficient (Wildman–Crippen LogP) is 3.36. The highest BCUT2D eigenvalue weighted by Crippen LogP contribution is 2.21. The minimum atomic E-state index is -0.445. The Balaban J connectivity index is 1.74. The van der Waals surface area contributed by atoms with E-state index in [1.165, 1.54) is 0 Å². The van der Waals surface area contributed by atoms with Crippen molar-refractivity contribution in [1.29, 1.82) is 0 Å². The van der Waals surface area contributed by atoms with Crippen molar-refractivity contribution in [2.45, 2.75) is 32.6 Å². The lowest BCUT2D eigenvalue weighted by Crippen LogP contribution is -2.13. The van der Waals surface area contributed by atoms with Crippen molar-refractivity contribution in [2.24, 2.45) is 0 Å². The smallest absolute Gasteiger partial charge is 0.341 e. The van der Waals surface area contributed by atoms with Gasteiger partial charge in [-0.25, -0.2) is 9.78 Å². The molecule has 3 aromatic rings. The maximum Gasteiger partial charge on any atom is 0.348 e. The third-order valence-electron chi connectivity index (χ3n) is 3.94. The van der Waals surface area contributed by atoms with Crippen LogP contribution in [0.2, 0.25) is 0 Å². The first kappa shape index (κ1) is 16.8. The summed E-state index contributed by atoms with van der Waals surface area (Å²) in [7, 11) is 0. The van der Waals surface area contributed by atoms with Crippen LogP contribution in [0.5, 0.6) is 0 Å². The molecule has 0 radical (unpaired) electrons. The lowest BCUT2D eigenvalue weighted by atomic mass is 10.1. The molecule has 3 rings (SSSR count). The van der Waals surface area contributed by atoms with Gasteiger partial charge in [0, 0.05) is 24.7 Å². The maximum atomic E-state index is 11.7. The highest BCUT2D eigenvalue weighted by atomic mass is 16.1. The van der Waals surface area contributed by atoms with Crippen molar-refractivity contribution < 1.29 is 4.79 Å². The monoisotopic (exact) mass is 336 g/mol. The summed E-state index contributed by atoms with van der Waals surface area (Å²) in [5.41, 5.74) is 1.92. The number of hydrogen-bond donors (Lipinski definition) is 2. The fraction of sp³-hybridized carbons (Fsp3) is 0.263. The predicted molar refractivity (Wildman–Crippen MR) is 98.1 cm³/mol. The number of aryl methyl sites for hydroxylation is 1. The van der Waals surface area contributed by atoms with Gasteiger partial charge in [0.1, 0.15) is 11.6 Å². The molecular formula is C19H20N4O2. The summed E-state index contributed by atoms with van der Waals surface area (Å²) >= 11 is 0. The molecule has 0 aliphatic carbocycles. The average molecular weight is 336 g/mol. The number of pyridine rings is 1. The van der Waals surface area contributed by atoms with E-state index in [0.717, 1.165) is 29.5 Å². The number of anilines is 2. The Morgan fingerprint density at radius 2 is 1.96 bits per heavy atom. The molecule has 0 saturated heterocycles. The number of nitrogens with one attached hydrogen (secondary N) is 2. The molecule has 0 atom stereocenters. The average Bonchev–Trinajstić information content (AvgIpc) is 2.61. The summed E-state index contributed by atoms with van der Waals surface area (Å²) in [6.07, 6.45) is 4.48. The largest absolute Gasteiger partial charge is 0.348 e. The molecule has 2 aromatic heterocycles. The summed E-state index contributed by atoms with van der Waals surface area (Å²) in [4.78, 5) is 34.0. The molecule has 6 heteroatoms. The zero-order valence-electron chi connectivity index (χ0n) is 14.1. The summed E-state index contributed by atoms with van der Waals surface area (Å²) in [5.74, 6) is 0.868. The Morgan fingerprint density at radius 1 is 1.16 bits per heavy atom. The van der Waals surface area contributed by atoms with Gasteiger partial charge in [0.15, 0.2) is 5.65 Å². The standard InChI is InChI=1S/C19H20N4O2/c1-2-4-15(24)11-8-13-6-9-14(10-7-13)21-18-16-5-3-12-20-17(16)22-19(25)23-18/h3,5-7,9-10,12H,2,4,8,11H2,1H3,(H2,20,21,22,23,25). The summed E-state index contributed by atoms with van der Waals surface area (Å²) in [6.45, 7) is 2.01. The van der Waals surface area contributed by atoms with Crippen LogP contribution in [-0.2, 0) is 11.2 Å². The number of aromatic nitrogens is 3. The number of benzene rings is 1. The van der Waals surface area contributed by atoms with Gasteiger partial charge in [-0.1, -0.05) is 19.1 Å². The van der Waals surface area contributed by atoms with E-state index >= 15 is 0 Å². The number of hydrogen-bond acceptors (Lipinski definition) is 5. The molecule has 128 valence electrons. The van der Waals surface area contributed by atoms with Crippen LogP contribution in [0.25, 0.3) is 11.0 Å². The molecular weight excluding hydrogens is 316 g/mol. The molecule has 2 N–H and O–H groups in total. The van der Waals surface area contributed by atoms with E-state index in [0.29, 0.717) is 30.1 Å². The van der Waals surface area contributed by atoms with Crippen molar-refractivity contribution in [3.63, 3.8) is 0 Å². The number of H-pyrrole nitrogens is 1. The molecule has 0 bridgehead atoms. The summed E-state index contributed by atoms with van der Waals surface area (Å²) in [5, 5.41) is 3.94. The number of carbonyl (C=O) groups is 1. The summed E-state index contributed by atoms with van der Waals surface area (Å²) in [6, 6.07) is 11.5. The number of nitrogens with zero attached hydrogens (tertiary/aromatic N) is 2. The molecule has 25 heavy (non-hydrogen) atoms. The van der Waals surface area contributed by atoms with E-state index in [1.807, 2.05) is 37.3 Å². The number of ketones is 1. The van der Waals surface area contributed by atoms with Gasteiger partial charge in [0.2, 0.25) is 0 Å². The second-order valence-electron chi connectivity index (χ2n) is 5.90. The maximum absolute atomic E-state index is 11.7. The SMILES string of the molecule is CCCC(=O)CCc1ccc(Nc2[nH]c(=O)nc3ncccc23)cc1. The van der Waals surface area contributed by atoms with Gasteiger partial charge in [0.05, 0.1) is 5.39 Å². The topological polar surface area (TPSA) is 87.7 Å². The van der Waals surface area contributed by atoms with Crippen molar-refractivity contribution in [3.05, 3.63) is 58.6 Å². The molecule has 0 aliphatic rings. The molecule has 0 saturated carbocycles. The number of fused-ring (bicyclic) bond motifs is 1. The minimum Gasteiger partial charge on any atom is -0.341 e. The van der Waals surface area contributed by atoms with Crippen LogP contribution < -0.4 is 11.0 Å². The molecule has 0 fully saturated rings. The lowest BCUT2D eigenvalue weighted by molar-refractivity contribution is -0.119. The minimum absolute atomic E-state index is 0.304. The van der Waals surface area contributed by atoms with Crippen LogP contribution in [0, 0.1) is 0 Å². The number of aromatic amines is 1. The number of carbonyl (C=O) groups excluding carboxylic acids is 1. The van der Waals surface area contributed by atoms with Gasteiger partial charge in [0.25, 0.3) is 0 Å². The quantitative estimate of drug-likeness (QED) is 0.691. The van der Waals surface area contributed by atoms with Gasteiger partial charge in [-0.3, -0.25) is 9.78 Å². The van der Waals surface area contributed by atoms with E-state index in [1.54, 1.807) is 12.3 Å². The van der Waals surface area contributed by atoms with Gasteiger partial charge in [-0.2, -0.15) is 4.98 Å². The van der Waals surface area contributed by atoms with Crippen LogP contribution in [0.4, 0.5) is 11.5 Å². The van der Waals surface area contributed by atoms with Crippen molar-refractivity contribution in [2.75, 3.05) is 5.32 Å². The highest BCUT2D eigenvalue weighted by molar-refractivity contribution is 5.87. The molecule has 1 aromatic carbocycles. The number of rotatable bonds is 7. The molecule has 0 aliphatic heterocycles.